The molecule has 1 aromatic heterocycles. The molecule has 2 amide bonds. The molecule has 0 saturated heterocycles. The second-order valence-corrected chi connectivity index (χ2v) is 12.8. The van der Waals surface area contributed by atoms with Crippen molar-refractivity contribution in [3.8, 4) is 17.3 Å². The van der Waals surface area contributed by atoms with Gasteiger partial charge in [0.05, 0.1) is 36.6 Å². The molecule has 43 heavy (non-hydrogen) atoms. The van der Waals surface area contributed by atoms with E-state index in [-0.39, 0.29) is 28.3 Å². The first kappa shape index (κ1) is 31.0. The van der Waals surface area contributed by atoms with Gasteiger partial charge in [-0.3, -0.25) is 14.8 Å². The fourth-order valence-electron chi connectivity index (χ4n) is 4.13. The van der Waals surface area contributed by atoms with E-state index in [1.807, 2.05) is 46.8 Å². The van der Waals surface area contributed by atoms with Crippen LogP contribution in [0.15, 0.2) is 60.8 Å². The molecule has 12 nitrogen and oxygen atoms in total. The number of methoxy groups -OCH3 is 1. The highest BCUT2D eigenvalue weighted by Crippen LogP contribution is 2.39. The Bertz CT molecular complexity index is 1780. The monoisotopic (exact) mass is 606 g/mol. The number of aryl methyl sites for hydroxylation is 2. The summed E-state index contributed by atoms with van der Waals surface area (Å²) in [6, 6.07) is 15.7. The first-order chi connectivity index (χ1) is 20.1. The summed E-state index contributed by atoms with van der Waals surface area (Å²) in [5, 5.41) is 13.5. The number of hydrogen-bond acceptors (Lipinski definition) is 8. The molecule has 0 aliphatic heterocycles. The highest BCUT2D eigenvalue weighted by molar-refractivity contribution is 7.92. The summed E-state index contributed by atoms with van der Waals surface area (Å²) in [6.07, 6.45) is 1.74. The first-order valence-corrected chi connectivity index (χ1v) is 15.1. The molecule has 1 heterocycles. The minimum absolute atomic E-state index is 0.0338. The Hall–Kier alpha value is -4.91. The predicted octanol–water partition coefficient (Wildman–Crippen LogP) is 5.42. The van der Waals surface area contributed by atoms with Crippen molar-refractivity contribution >= 4 is 39.1 Å². The second kappa shape index (κ2) is 12.1. The fraction of sp³-hybridized carbons (Fsp3) is 0.267. The van der Waals surface area contributed by atoms with Gasteiger partial charge in [-0.15, -0.1) is 0 Å². The van der Waals surface area contributed by atoms with E-state index in [1.165, 1.54) is 18.0 Å². The van der Waals surface area contributed by atoms with Crippen LogP contribution in [0.3, 0.4) is 0 Å². The van der Waals surface area contributed by atoms with Crippen molar-refractivity contribution in [2.24, 2.45) is 0 Å². The average Bonchev–Trinajstić information content (AvgIpc) is 3.36. The summed E-state index contributed by atoms with van der Waals surface area (Å²) in [7, 11) is -2.23. The first-order valence-electron chi connectivity index (χ1n) is 13.2. The van der Waals surface area contributed by atoms with Crippen LogP contribution in [-0.4, -0.2) is 48.8 Å². The smallest absolute Gasteiger partial charge is 0.418 e. The van der Waals surface area contributed by atoms with Crippen LogP contribution in [-0.2, 0) is 15.4 Å². The second-order valence-electron chi connectivity index (χ2n) is 11.1. The van der Waals surface area contributed by atoms with Gasteiger partial charge in [0.25, 0.3) is 11.8 Å². The molecule has 4 aromatic rings. The molecule has 0 bridgehead atoms. The number of benzene rings is 3. The molecule has 0 saturated carbocycles. The van der Waals surface area contributed by atoms with Gasteiger partial charge >= 0.3 is 6.09 Å². The van der Waals surface area contributed by atoms with Gasteiger partial charge in [-0.1, -0.05) is 54.8 Å². The van der Waals surface area contributed by atoms with E-state index >= 15 is 0 Å². The van der Waals surface area contributed by atoms with E-state index < -0.39 is 22.0 Å². The maximum absolute atomic E-state index is 13.5. The van der Waals surface area contributed by atoms with Gasteiger partial charge in [-0.25, -0.2) is 17.9 Å². The number of nitrogens with one attached hydrogen (secondary N) is 3. The van der Waals surface area contributed by atoms with Crippen LogP contribution in [0.2, 0.25) is 0 Å². The van der Waals surface area contributed by atoms with E-state index in [9.17, 15) is 18.0 Å². The molecular weight excluding hydrogens is 572 g/mol. The molecular formula is C30H34N6O6S. The lowest BCUT2D eigenvalue weighted by Crippen LogP contribution is -2.18. The van der Waals surface area contributed by atoms with E-state index in [1.54, 1.807) is 42.5 Å². The molecule has 0 aliphatic carbocycles. The highest BCUT2D eigenvalue weighted by atomic mass is 32.2. The van der Waals surface area contributed by atoms with Gasteiger partial charge < -0.3 is 14.8 Å². The Morgan fingerprint density at radius 1 is 0.930 bits per heavy atom. The molecule has 0 spiro atoms. The predicted molar refractivity (Wildman–Crippen MR) is 165 cm³/mol. The third kappa shape index (κ3) is 7.89. The Labute approximate surface area is 250 Å². The zero-order chi connectivity index (χ0) is 31.5. The Kier molecular flexibility index (Phi) is 8.76. The summed E-state index contributed by atoms with van der Waals surface area (Å²) < 4.78 is 38.7. The van der Waals surface area contributed by atoms with Crippen LogP contribution in [0.4, 0.5) is 21.9 Å². The number of amides is 2. The quantitative estimate of drug-likeness (QED) is 0.240. The van der Waals surface area contributed by atoms with Gasteiger partial charge in [-0.05, 0) is 66.8 Å². The summed E-state index contributed by atoms with van der Waals surface area (Å²) in [5.41, 5.74) is 4.15. The van der Waals surface area contributed by atoms with Crippen LogP contribution in [0.25, 0.3) is 5.69 Å². The van der Waals surface area contributed by atoms with Crippen LogP contribution < -0.4 is 24.8 Å². The Morgan fingerprint density at radius 2 is 1.60 bits per heavy atom. The van der Waals surface area contributed by atoms with E-state index in [2.05, 4.69) is 25.7 Å². The molecule has 0 unspecified atom stereocenters. The molecule has 3 aromatic carbocycles. The number of hydrogen-bond donors (Lipinski definition) is 3. The van der Waals surface area contributed by atoms with Crippen molar-refractivity contribution in [3.05, 3.63) is 83.0 Å². The zero-order valence-electron chi connectivity index (χ0n) is 25.0. The van der Waals surface area contributed by atoms with Crippen molar-refractivity contribution < 1.29 is 27.5 Å². The largest absolute Gasteiger partial charge is 0.492 e. The maximum atomic E-state index is 13.5. The normalized spacial score (nSPS) is 11.5. The zero-order valence-corrected chi connectivity index (χ0v) is 25.8. The topological polar surface area (TPSA) is 154 Å². The minimum atomic E-state index is -3.63. The van der Waals surface area contributed by atoms with E-state index in [0.717, 1.165) is 22.9 Å². The van der Waals surface area contributed by atoms with E-state index in [0.29, 0.717) is 17.1 Å². The average molecular weight is 607 g/mol. The third-order valence-electron chi connectivity index (χ3n) is 6.39. The van der Waals surface area contributed by atoms with Gasteiger partial charge in [0.1, 0.15) is 0 Å². The van der Waals surface area contributed by atoms with Crippen LogP contribution in [0, 0.1) is 13.8 Å². The van der Waals surface area contributed by atoms with Crippen molar-refractivity contribution in [1.82, 2.24) is 15.0 Å². The SMILES string of the molecule is COc1c(NC(=O)c2ccc(C)c(-n3cc(OC(=O)Nc4ccc(C)cc4)nn3)c2)cc(C(C)(C)C)cc1NS(C)(=O)=O. The van der Waals surface area contributed by atoms with Crippen molar-refractivity contribution in [3.63, 3.8) is 0 Å². The number of carbonyl (C=O) groups is 2. The van der Waals surface area contributed by atoms with Crippen molar-refractivity contribution in [2.45, 2.75) is 40.0 Å². The summed E-state index contributed by atoms with van der Waals surface area (Å²) in [4.78, 5) is 25.8. The minimum Gasteiger partial charge on any atom is -0.492 e. The number of nitrogens with zero attached hydrogens (tertiary/aromatic N) is 3. The Balaban J connectivity index is 1.58. The lowest BCUT2D eigenvalue weighted by atomic mass is 9.86. The van der Waals surface area contributed by atoms with Crippen molar-refractivity contribution in [1.29, 1.82) is 0 Å². The number of sulfonamides is 1. The van der Waals surface area contributed by atoms with E-state index in [4.69, 9.17) is 9.47 Å². The van der Waals surface area contributed by atoms with Gasteiger partial charge in [-0.2, -0.15) is 0 Å². The van der Waals surface area contributed by atoms with Crippen LogP contribution in [0.1, 0.15) is 47.8 Å². The molecule has 4 rings (SSSR count). The van der Waals surface area contributed by atoms with Crippen LogP contribution >= 0.6 is 0 Å². The fourth-order valence-corrected chi connectivity index (χ4v) is 4.68. The standard InChI is InChI=1S/C30H34N6O6S/c1-18-8-12-22(13-9-18)31-29(38)42-26-17-36(35-33-26)25-14-20(11-10-19(25)2)28(37)32-23-15-21(30(3,4)5)16-24(27(23)41-6)34-43(7,39)40/h8-17,34H,1-7H3,(H,31,38)(H,32,37). The Morgan fingerprint density at radius 3 is 2.23 bits per heavy atom. The molecule has 13 heteroatoms. The number of aromatic nitrogens is 3. The summed E-state index contributed by atoms with van der Waals surface area (Å²) in [5.74, 6) is -0.334. The number of carbonyl (C=O) groups excluding carboxylic acids is 2. The third-order valence-corrected chi connectivity index (χ3v) is 6.98. The summed E-state index contributed by atoms with van der Waals surface area (Å²) >= 11 is 0. The molecule has 0 atom stereocenters. The van der Waals surface area contributed by atoms with Crippen LogP contribution in [0.5, 0.6) is 11.6 Å². The van der Waals surface area contributed by atoms with Gasteiger partial charge in [0.15, 0.2) is 5.75 Å². The van der Waals surface area contributed by atoms with Gasteiger partial charge in [0, 0.05) is 11.3 Å². The lowest BCUT2D eigenvalue weighted by molar-refractivity contribution is 0.102. The molecule has 0 radical (unpaired) electrons. The molecule has 0 fully saturated rings. The molecule has 0 aliphatic rings. The highest BCUT2D eigenvalue weighted by Gasteiger charge is 2.23. The molecule has 226 valence electrons. The van der Waals surface area contributed by atoms with Crippen molar-refractivity contribution in [2.75, 3.05) is 28.7 Å². The lowest BCUT2D eigenvalue weighted by Gasteiger charge is -2.24. The number of anilines is 3. The summed E-state index contributed by atoms with van der Waals surface area (Å²) in [6.45, 7) is 9.69. The maximum Gasteiger partial charge on any atom is 0.418 e. The number of ether oxygens (including phenoxy) is 2. The van der Waals surface area contributed by atoms with Gasteiger partial charge in [0.2, 0.25) is 10.0 Å². The number of rotatable bonds is 8. The molecule has 3 N–H and O–H groups in total.